The number of hydrogen-bond acceptors (Lipinski definition) is 3. The van der Waals surface area contributed by atoms with Crippen molar-refractivity contribution in [2.75, 3.05) is 20.3 Å². The topological polar surface area (TPSA) is 64.3 Å². The van der Waals surface area contributed by atoms with E-state index in [1.807, 2.05) is 6.92 Å². The van der Waals surface area contributed by atoms with Gasteiger partial charge < -0.3 is 15.8 Å². The van der Waals surface area contributed by atoms with Crippen LogP contribution in [0.25, 0.3) is 0 Å². The third-order valence-corrected chi connectivity index (χ3v) is 3.08. The molecular formula is C12H24N2O2S. The highest BCUT2D eigenvalue weighted by molar-refractivity contribution is 7.80. The predicted octanol–water partition coefficient (Wildman–Crippen LogP) is 1.48. The fraction of sp³-hybridized carbons (Fsp3) is 0.833. The molecule has 0 rings (SSSR count). The molecule has 0 bridgehead atoms. The maximum atomic E-state index is 11.8. The normalized spacial score (nSPS) is 13.2. The van der Waals surface area contributed by atoms with Gasteiger partial charge in [0.15, 0.2) is 0 Å². The van der Waals surface area contributed by atoms with Crippen molar-refractivity contribution >= 4 is 23.1 Å². The number of ether oxygens (including phenoxy) is 1. The number of hydrogen-bond donors (Lipinski definition) is 2. The SMILES string of the molecule is CCC(C(=O)NCC(C)(C)CCOC)C(N)=S. The Labute approximate surface area is 109 Å². The summed E-state index contributed by atoms with van der Waals surface area (Å²) >= 11 is 4.87. The Bertz CT molecular complexity index is 267. The van der Waals surface area contributed by atoms with Crippen molar-refractivity contribution in [3.05, 3.63) is 0 Å². The summed E-state index contributed by atoms with van der Waals surface area (Å²) in [6.07, 6.45) is 1.54. The van der Waals surface area contributed by atoms with Gasteiger partial charge >= 0.3 is 0 Å². The van der Waals surface area contributed by atoms with Gasteiger partial charge in [-0.05, 0) is 18.3 Å². The molecule has 3 N–H and O–H groups in total. The van der Waals surface area contributed by atoms with Crippen molar-refractivity contribution in [3.8, 4) is 0 Å². The Morgan fingerprint density at radius 3 is 2.53 bits per heavy atom. The van der Waals surface area contributed by atoms with Crippen molar-refractivity contribution in [1.29, 1.82) is 0 Å². The van der Waals surface area contributed by atoms with Crippen molar-refractivity contribution in [2.45, 2.75) is 33.6 Å². The van der Waals surface area contributed by atoms with Crippen LogP contribution >= 0.6 is 12.2 Å². The zero-order valence-electron chi connectivity index (χ0n) is 11.2. The van der Waals surface area contributed by atoms with Crippen LogP contribution in [0.15, 0.2) is 0 Å². The van der Waals surface area contributed by atoms with Crippen LogP contribution in [0.3, 0.4) is 0 Å². The Kier molecular flexibility index (Phi) is 7.30. The van der Waals surface area contributed by atoms with Crippen LogP contribution in [0.1, 0.15) is 33.6 Å². The molecule has 1 amide bonds. The highest BCUT2D eigenvalue weighted by Gasteiger charge is 2.23. The first kappa shape index (κ1) is 16.3. The van der Waals surface area contributed by atoms with Crippen molar-refractivity contribution in [1.82, 2.24) is 5.32 Å². The second-order valence-corrected chi connectivity index (χ2v) is 5.46. The zero-order chi connectivity index (χ0) is 13.5. The van der Waals surface area contributed by atoms with Crippen LogP contribution < -0.4 is 11.1 Å². The molecule has 0 heterocycles. The summed E-state index contributed by atoms with van der Waals surface area (Å²) in [6.45, 7) is 7.38. The van der Waals surface area contributed by atoms with E-state index in [1.165, 1.54) is 0 Å². The minimum absolute atomic E-state index is 0.0141. The summed E-state index contributed by atoms with van der Waals surface area (Å²) in [7, 11) is 1.68. The molecule has 0 saturated heterocycles. The molecule has 17 heavy (non-hydrogen) atoms. The maximum absolute atomic E-state index is 11.8. The first-order valence-corrected chi connectivity index (χ1v) is 6.31. The van der Waals surface area contributed by atoms with E-state index in [4.69, 9.17) is 22.7 Å². The van der Waals surface area contributed by atoms with Gasteiger partial charge in [-0.1, -0.05) is 33.0 Å². The first-order valence-electron chi connectivity index (χ1n) is 5.90. The highest BCUT2D eigenvalue weighted by atomic mass is 32.1. The molecule has 1 atom stereocenters. The number of rotatable bonds is 8. The maximum Gasteiger partial charge on any atom is 0.229 e. The van der Waals surface area contributed by atoms with Gasteiger partial charge in [-0.2, -0.15) is 0 Å². The van der Waals surface area contributed by atoms with E-state index in [1.54, 1.807) is 7.11 Å². The van der Waals surface area contributed by atoms with E-state index < -0.39 is 0 Å². The number of nitrogens with one attached hydrogen (secondary N) is 1. The van der Waals surface area contributed by atoms with Gasteiger partial charge in [0.2, 0.25) is 5.91 Å². The number of carbonyl (C=O) groups is 1. The van der Waals surface area contributed by atoms with E-state index >= 15 is 0 Å². The van der Waals surface area contributed by atoms with Crippen molar-refractivity contribution in [2.24, 2.45) is 17.1 Å². The number of carbonyl (C=O) groups excluding carboxylic acids is 1. The fourth-order valence-corrected chi connectivity index (χ4v) is 1.71. The molecule has 0 aliphatic rings. The minimum Gasteiger partial charge on any atom is -0.393 e. The Morgan fingerprint density at radius 1 is 1.53 bits per heavy atom. The molecule has 0 aromatic heterocycles. The number of nitrogens with two attached hydrogens (primary N) is 1. The molecular weight excluding hydrogens is 236 g/mol. The van der Waals surface area contributed by atoms with E-state index in [0.29, 0.717) is 19.6 Å². The molecule has 0 aliphatic carbocycles. The predicted molar refractivity (Wildman–Crippen MR) is 73.9 cm³/mol. The lowest BCUT2D eigenvalue weighted by atomic mass is 9.89. The van der Waals surface area contributed by atoms with E-state index in [0.717, 1.165) is 6.42 Å². The van der Waals surface area contributed by atoms with Gasteiger partial charge in [0, 0.05) is 20.3 Å². The quantitative estimate of drug-likeness (QED) is 0.649. The second kappa shape index (κ2) is 7.61. The Morgan fingerprint density at radius 2 is 2.12 bits per heavy atom. The molecule has 100 valence electrons. The van der Waals surface area contributed by atoms with Gasteiger partial charge in [0.05, 0.1) is 10.9 Å². The monoisotopic (exact) mass is 260 g/mol. The van der Waals surface area contributed by atoms with Gasteiger partial charge in [0.25, 0.3) is 0 Å². The van der Waals surface area contributed by atoms with E-state index in [9.17, 15) is 4.79 Å². The first-order chi connectivity index (χ1) is 7.84. The van der Waals surface area contributed by atoms with Crippen molar-refractivity contribution in [3.63, 3.8) is 0 Å². The second-order valence-electron chi connectivity index (χ2n) is 4.99. The van der Waals surface area contributed by atoms with Crippen LogP contribution in [-0.2, 0) is 9.53 Å². The van der Waals surface area contributed by atoms with E-state index in [2.05, 4.69) is 19.2 Å². The smallest absolute Gasteiger partial charge is 0.229 e. The molecule has 5 heteroatoms. The molecule has 0 saturated carbocycles. The van der Waals surface area contributed by atoms with Crippen LogP contribution in [-0.4, -0.2) is 31.2 Å². The molecule has 0 aromatic rings. The standard InChI is InChI=1S/C12H24N2O2S/c1-5-9(10(13)17)11(15)14-8-12(2,3)6-7-16-4/h9H,5-8H2,1-4H3,(H2,13,17)(H,14,15). The summed E-state index contributed by atoms with van der Waals surface area (Å²) in [5.41, 5.74) is 5.53. The third-order valence-electron chi connectivity index (χ3n) is 2.79. The van der Waals surface area contributed by atoms with Crippen molar-refractivity contribution < 1.29 is 9.53 Å². The highest BCUT2D eigenvalue weighted by Crippen LogP contribution is 2.19. The lowest BCUT2D eigenvalue weighted by molar-refractivity contribution is -0.123. The molecule has 0 fully saturated rings. The van der Waals surface area contributed by atoms with E-state index in [-0.39, 0.29) is 22.2 Å². The van der Waals surface area contributed by atoms with Crippen LogP contribution in [0.4, 0.5) is 0 Å². The molecule has 0 spiro atoms. The van der Waals surface area contributed by atoms with Crippen LogP contribution in [0, 0.1) is 11.3 Å². The summed E-state index contributed by atoms with van der Waals surface area (Å²) in [6, 6.07) is 0. The molecule has 0 radical (unpaired) electrons. The Balaban J connectivity index is 4.17. The largest absolute Gasteiger partial charge is 0.393 e. The number of thiocarbonyl (C=S) groups is 1. The average Bonchev–Trinajstić information content (AvgIpc) is 2.24. The van der Waals surface area contributed by atoms with Gasteiger partial charge in [-0.3, -0.25) is 4.79 Å². The molecule has 0 aliphatic heterocycles. The fourth-order valence-electron chi connectivity index (χ4n) is 1.43. The number of methoxy groups -OCH3 is 1. The van der Waals surface area contributed by atoms with Crippen LogP contribution in [0.5, 0.6) is 0 Å². The molecule has 4 nitrogen and oxygen atoms in total. The summed E-state index contributed by atoms with van der Waals surface area (Å²) in [4.78, 5) is 12.1. The lowest BCUT2D eigenvalue weighted by Crippen LogP contribution is -2.41. The third kappa shape index (κ3) is 6.58. The lowest BCUT2D eigenvalue weighted by Gasteiger charge is -2.25. The Hall–Kier alpha value is -0.680. The van der Waals surface area contributed by atoms with Crippen LogP contribution in [0.2, 0.25) is 0 Å². The summed E-state index contributed by atoms with van der Waals surface area (Å²) in [5, 5.41) is 2.90. The molecule has 0 aromatic carbocycles. The van der Waals surface area contributed by atoms with Gasteiger partial charge in [0.1, 0.15) is 0 Å². The average molecular weight is 260 g/mol. The minimum atomic E-state index is -0.358. The zero-order valence-corrected chi connectivity index (χ0v) is 12.0. The summed E-state index contributed by atoms with van der Waals surface area (Å²) in [5.74, 6) is -0.436. The number of amides is 1. The van der Waals surface area contributed by atoms with Gasteiger partial charge in [-0.25, -0.2) is 0 Å². The molecule has 1 unspecified atom stereocenters. The summed E-state index contributed by atoms with van der Waals surface area (Å²) < 4.78 is 5.04. The van der Waals surface area contributed by atoms with Gasteiger partial charge in [-0.15, -0.1) is 0 Å².